The van der Waals surface area contributed by atoms with Gasteiger partial charge in [0, 0.05) is 22.7 Å². The van der Waals surface area contributed by atoms with Crippen molar-refractivity contribution in [3.63, 3.8) is 0 Å². The maximum atomic E-state index is 4.69. The molecule has 0 bridgehead atoms. The predicted molar refractivity (Wildman–Crippen MR) is 72.1 cm³/mol. The largest absolute Gasteiger partial charge is 0.272 e. The van der Waals surface area contributed by atoms with Gasteiger partial charge in [0.1, 0.15) is 5.84 Å². The summed E-state index contributed by atoms with van der Waals surface area (Å²) in [5, 5.41) is 3.16. The SMILES string of the molecule is CC1=CC2=Nc3ccccc3C3=CSC(=N1)N32. The minimum absolute atomic E-state index is 0.974. The molecular formula is C13H9N3S. The van der Waals surface area contributed by atoms with Crippen molar-refractivity contribution in [3.05, 3.63) is 47.0 Å². The van der Waals surface area contributed by atoms with E-state index >= 15 is 0 Å². The van der Waals surface area contributed by atoms with Gasteiger partial charge in [0.25, 0.3) is 0 Å². The molecule has 0 aromatic heterocycles. The molecule has 0 spiro atoms. The van der Waals surface area contributed by atoms with Crippen molar-refractivity contribution in [1.82, 2.24) is 4.90 Å². The maximum Gasteiger partial charge on any atom is 0.178 e. The van der Waals surface area contributed by atoms with Gasteiger partial charge in [0.2, 0.25) is 0 Å². The van der Waals surface area contributed by atoms with Crippen molar-refractivity contribution < 1.29 is 0 Å². The van der Waals surface area contributed by atoms with Crippen LogP contribution in [-0.2, 0) is 0 Å². The van der Waals surface area contributed by atoms with Crippen LogP contribution in [0.1, 0.15) is 12.5 Å². The molecule has 0 saturated heterocycles. The third-order valence-corrected chi connectivity index (χ3v) is 3.79. The Morgan fingerprint density at radius 1 is 1.18 bits per heavy atom. The number of nitrogens with zero attached hydrogens (tertiary/aromatic N) is 3. The summed E-state index contributed by atoms with van der Waals surface area (Å²) in [7, 11) is 0. The molecular weight excluding hydrogens is 230 g/mol. The van der Waals surface area contributed by atoms with E-state index in [-0.39, 0.29) is 0 Å². The molecule has 3 nitrogen and oxygen atoms in total. The summed E-state index contributed by atoms with van der Waals surface area (Å²) in [4.78, 5) is 11.3. The van der Waals surface area contributed by atoms with E-state index in [0.29, 0.717) is 0 Å². The second kappa shape index (κ2) is 3.11. The molecule has 3 aliphatic heterocycles. The highest BCUT2D eigenvalue weighted by Gasteiger charge is 2.33. The number of hydrogen-bond donors (Lipinski definition) is 0. The van der Waals surface area contributed by atoms with Crippen molar-refractivity contribution in [2.45, 2.75) is 6.92 Å². The molecule has 4 heteroatoms. The van der Waals surface area contributed by atoms with Crippen LogP contribution >= 0.6 is 11.8 Å². The van der Waals surface area contributed by atoms with Crippen LogP contribution in [0.5, 0.6) is 0 Å². The van der Waals surface area contributed by atoms with Gasteiger partial charge in [-0.3, -0.25) is 4.90 Å². The summed E-state index contributed by atoms with van der Waals surface area (Å²) < 4.78 is 0. The molecule has 17 heavy (non-hydrogen) atoms. The van der Waals surface area contributed by atoms with E-state index in [1.165, 1.54) is 11.3 Å². The Balaban J connectivity index is 2.03. The number of hydrogen-bond acceptors (Lipinski definition) is 4. The van der Waals surface area contributed by atoms with Crippen molar-refractivity contribution in [2.75, 3.05) is 0 Å². The smallest absolute Gasteiger partial charge is 0.178 e. The summed E-state index contributed by atoms with van der Waals surface area (Å²) in [6, 6.07) is 8.23. The zero-order valence-corrected chi connectivity index (χ0v) is 10.0. The van der Waals surface area contributed by atoms with E-state index in [4.69, 9.17) is 0 Å². The van der Waals surface area contributed by atoms with Crippen LogP contribution in [0.4, 0.5) is 5.69 Å². The van der Waals surface area contributed by atoms with Gasteiger partial charge < -0.3 is 0 Å². The van der Waals surface area contributed by atoms with Crippen LogP contribution in [0.2, 0.25) is 0 Å². The van der Waals surface area contributed by atoms with Crippen LogP contribution < -0.4 is 0 Å². The van der Waals surface area contributed by atoms with Crippen LogP contribution in [-0.4, -0.2) is 15.9 Å². The average Bonchev–Trinajstić information content (AvgIpc) is 2.74. The zero-order chi connectivity index (χ0) is 11.4. The highest BCUT2D eigenvalue weighted by atomic mass is 32.2. The first-order valence-electron chi connectivity index (χ1n) is 5.45. The molecule has 0 amide bonds. The van der Waals surface area contributed by atoms with E-state index in [1.807, 2.05) is 25.1 Å². The van der Waals surface area contributed by atoms with Crippen molar-refractivity contribution in [2.24, 2.45) is 9.98 Å². The van der Waals surface area contributed by atoms with E-state index in [2.05, 4.69) is 32.4 Å². The Labute approximate surface area is 103 Å². The standard InChI is InChI=1S/C13H9N3S/c1-8-6-12-15-10-5-3-2-4-9(10)11-7-17-13(14-8)16(11)12/h2-7H,1H3. The Bertz CT molecular complexity index is 652. The normalized spacial score (nSPS) is 19.9. The summed E-state index contributed by atoms with van der Waals surface area (Å²) in [6.45, 7) is 2.01. The lowest BCUT2D eigenvalue weighted by molar-refractivity contribution is 0.861. The van der Waals surface area contributed by atoms with Gasteiger partial charge in [-0.15, -0.1) is 0 Å². The molecule has 3 aliphatic rings. The van der Waals surface area contributed by atoms with Crippen LogP contribution in [0.3, 0.4) is 0 Å². The van der Waals surface area contributed by atoms with Gasteiger partial charge in [-0.05, 0) is 13.0 Å². The Morgan fingerprint density at radius 2 is 2.06 bits per heavy atom. The molecule has 0 N–H and O–H groups in total. The number of fused-ring (bicyclic) bond motifs is 2. The van der Waals surface area contributed by atoms with Gasteiger partial charge in [-0.1, -0.05) is 30.0 Å². The fraction of sp³-hybridized carbons (Fsp3) is 0.0769. The first-order valence-corrected chi connectivity index (χ1v) is 6.33. The van der Waals surface area contributed by atoms with E-state index in [1.54, 1.807) is 11.8 Å². The molecule has 1 aromatic rings. The minimum Gasteiger partial charge on any atom is -0.272 e. The number of allylic oxidation sites excluding steroid dienone is 1. The quantitative estimate of drug-likeness (QED) is 0.694. The first-order chi connectivity index (χ1) is 8.33. The summed E-state index contributed by atoms with van der Waals surface area (Å²) in [6.07, 6.45) is 2.03. The highest BCUT2D eigenvalue weighted by Crippen LogP contribution is 2.43. The summed E-state index contributed by atoms with van der Waals surface area (Å²) in [5.41, 5.74) is 4.43. The summed E-state index contributed by atoms with van der Waals surface area (Å²) in [5.74, 6) is 0.974. The number of rotatable bonds is 0. The van der Waals surface area contributed by atoms with Gasteiger partial charge in [-0.2, -0.15) is 0 Å². The van der Waals surface area contributed by atoms with Crippen molar-refractivity contribution in [1.29, 1.82) is 0 Å². The molecule has 0 fully saturated rings. The number of aliphatic imine (C=N–C) groups is 2. The minimum atomic E-state index is 0.974. The van der Waals surface area contributed by atoms with E-state index in [9.17, 15) is 0 Å². The van der Waals surface area contributed by atoms with Crippen LogP contribution in [0.25, 0.3) is 5.70 Å². The highest BCUT2D eigenvalue weighted by molar-refractivity contribution is 8.16. The zero-order valence-electron chi connectivity index (χ0n) is 9.21. The van der Waals surface area contributed by atoms with Gasteiger partial charge in [0.15, 0.2) is 5.17 Å². The lowest BCUT2D eigenvalue weighted by Crippen LogP contribution is -2.33. The van der Waals surface area contributed by atoms with Crippen LogP contribution in [0, 0.1) is 0 Å². The predicted octanol–water partition coefficient (Wildman–Crippen LogP) is 3.35. The Kier molecular flexibility index (Phi) is 1.69. The number of thioether (sulfide) groups is 1. The van der Waals surface area contributed by atoms with Gasteiger partial charge >= 0.3 is 0 Å². The molecule has 0 atom stereocenters. The lowest BCUT2D eigenvalue weighted by atomic mass is 10.1. The Morgan fingerprint density at radius 3 is 3.00 bits per heavy atom. The number of benzene rings is 1. The third-order valence-electron chi connectivity index (χ3n) is 2.96. The molecule has 0 aliphatic carbocycles. The molecule has 82 valence electrons. The molecule has 3 heterocycles. The monoisotopic (exact) mass is 239 g/mol. The fourth-order valence-corrected chi connectivity index (χ4v) is 3.17. The van der Waals surface area contributed by atoms with E-state index in [0.717, 1.165) is 22.4 Å². The second-order valence-electron chi connectivity index (χ2n) is 4.12. The van der Waals surface area contributed by atoms with Crippen molar-refractivity contribution in [3.8, 4) is 0 Å². The maximum absolute atomic E-state index is 4.69. The van der Waals surface area contributed by atoms with E-state index < -0.39 is 0 Å². The molecule has 0 radical (unpaired) electrons. The molecule has 1 aromatic carbocycles. The Hall–Kier alpha value is -1.81. The number of amidine groups is 2. The summed E-state index contributed by atoms with van der Waals surface area (Å²) >= 11 is 1.66. The third kappa shape index (κ3) is 1.18. The van der Waals surface area contributed by atoms with Gasteiger partial charge in [-0.25, -0.2) is 9.98 Å². The molecule has 4 rings (SSSR count). The number of para-hydroxylation sites is 1. The van der Waals surface area contributed by atoms with Crippen LogP contribution in [0.15, 0.2) is 51.4 Å². The van der Waals surface area contributed by atoms with Crippen molar-refractivity contribution >= 4 is 34.1 Å². The average molecular weight is 239 g/mol. The lowest BCUT2D eigenvalue weighted by Gasteiger charge is -2.29. The second-order valence-corrected chi connectivity index (χ2v) is 4.96. The topological polar surface area (TPSA) is 28.0 Å². The molecule has 0 unspecified atom stereocenters. The fourth-order valence-electron chi connectivity index (χ4n) is 2.23. The van der Waals surface area contributed by atoms with Gasteiger partial charge in [0.05, 0.1) is 11.4 Å². The first kappa shape index (κ1) is 9.24. The molecule has 0 saturated carbocycles.